The Balaban J connectivity index is 1.42. The summed E-state index contributed by atoms with van der Waals surface area (Å²) < 4.78 is 29.7. The molecule has 4 rings (SSSR count). The van der Waals surface area contributed by atoms with Crippen LogP contribution in [0.5, 0.6) is 0 Å². The summed E-state index contributed by atoms with van der Waals surface area (Å²) in [5, 5.41) is 0. The lowest BCUT2D eigenvalue weighted by Gasteiger charge is -2.38. The van der Waals surface area contributed by atoms with Crippen molar-refractivity contribution in [2.75, 3.05) is 0 Å². The van der Waals surface area contributed by atoms with Gasteiger partial charge in [-0.1, -0.05) is 48.7 Å². The highest BCUT2D eigenvalue weighted by Gasteiger charge is 2.31. The topological polar surface area (TPSA) is 0 Å². The molecule has 2 saturated carbocycles. The molecule has 0 aromatic heterocycles. The van der Waals surface area contributed by atoms with Gasteiger partial charge in [0.15, 0.2) is 0 Å². The molecule has 0 nitrogen and oxygen atoms in total. The molecule has 0 unspecified atom stereocenters. The van der Waals surface area contributed by atoms with Gasteiger partial charge in [0.2, 0.25) is 0 Å². The second-order valence-corrected chi connectivity index (χ2v) is 10.3. The standard InChI is InChI=1S/C26H34F2Si/c1-17-2-6-22(7-3-17)26-24(27)14-23(15-25(26)28)21-12-10-20(11-13-21)19-8-4-18(16-29)5-9-19/h2-3,6-7,14-15,18-21H,4-5,8-13,16H2,1,29H3. The van der Waals surface area contributed by atoms with Gasteiger partial charge in [-0.15, -0.1) is 0 Å². The molecule has 2 aromatic rings. The summed E-state index contributed by atoms with van der Waals surface area (Å²) in [7, 11) is 1.34. The molecule has 0 bridgehead atoms. The molecule has 0 saturated heterocycles. The quantitative estimate of drug-likeness (QED) is 0.484. The fourth-order valence-electron chi connectivity index (χ4n) is 5.82. The van der Waals surface area contributed by atoms with E-state index in [9.17, 15) is 8.78 Å². The van der Waals surface area contributed by atoms with Crippen LogP contribution in [0.3, 0.4) is 0 Å². The van der Waals surface area contributed by atoms with E-state index in [0.717, 1.165) is 41.7 Å². The summed E-state index contributed by atoms with van der Waals surface area (Å²) in [4.78, 5) is 0. The van der Waals surface area contributed by atoms with Crippen molar-refractivity contribution in [2.24, 2.45) is 17.8 Å². The summed E-state index contributed by atoms with van der Waals surface area (Å²) in [5.41, 5.74) is 2.67. The number of hydrogen-bond donors (Lipinski definition) is 0. The van der Waals surface area contributed by atoms with Gasteiger partial charge in [-0.05, 0) is 92.4 Å². The summed E-state index contributed by atoms with van der Waals surface area (Å²) in [6.07, 6.45) is 10.3. The van der Waals surface area contributed by atoms with Gasteiger partial charge in [0.1, 0.15) is 11.6 Å². The summed E-state index contributed by atoms with van der Waals surface area (Å²) in [6.45, 7) is 1.98. The summed E-state index contributed by atoms with van der Waals surface area (Å²) in [5.74, 6) is 2.20. The Morgan fingerprint density at radius 1 is 0.793 bits per heavy atom. The zero-order chi connectivity index (χ0) is 20.4. The average Bonchev–Trinajstić information content (AvgIpc) is 2.75. The van der Waals surface area contributed by atoms with E-state index in [1.807, 2.05) is 19.1 Å². The largest absolute Gasteiger partial charge is 0.206 e. The van der Waals surface area contributed by atoms with Crippen molar-refractivity contribution in [1.29, 1.82) is 0 Å². The first-order chi connectivity index (χ1) is 14.0. The third-order valence-corrected chi connectivity index (χ3v) is 8.94. The molecular formula is C26H34F2Si. The number of halogens is 2. The fraction of sp³-hybridized carbons (Fsp3) is 0.538. The van der Waals surface area contributed by atoms with Crippen molar-refractivity contribution < 1.29 is 8.78 Å². The Bertz CT molecular complexity index is 790. The van der Waals surface area contributed by atoms with E-state index >= 15 is 0 Å². The van der Waals surface area contributed by atoms with Crippen molar-refractivity contribution >= 4 is 10.2 Å². The first-order valence-electron chi connectivity index (χ1n) is 11.6. The Labute approximate surface area is 177 Å². The normalized spacial score (nSPS) is 27.8. The van der Waals surface area contributed by atoms with Crippen molar-refractivity contribution in [1.82, 2.24) is 0 Å². The van der Waals surface area contributed by atoms with E-state index in [1.165, 1.54) is 54.8 Å². The van der Waals surface area contributed by atoms with E-state index in [-0.39, 0.29) is 5.56 Å². The Morgan fingerprint density at radius 3 is 1.83 bits per heavy atom. The van der Waals surface area contributed by atoms with Crippen molar-refractivity contribution in [3.05, 3.63) is 59.2 Å². The molecule has 0 amide bonds. The van der Waals surface area contributed by atoms with Crippen LogP contribution in [-0.4, -0.2) is 10.2 Å². The van der Waals surface area contributed by atoms with Crippen LogP contribution in [0, 0.1) is 36.3 Å². The second-order valence-electron chi connectivity index (χ2n) is 9.53. The molecule has 2 aliphatic rings. The second kappa shape index (κ2) is 9.12. The maximum Gasteiger partial charge on any atom is 0.134 e. The minimum atomic E-state index is -0.424. The highest BCUT2D eigenvalue weighted by molar-refractivity contribution is 6.08. The lowest BCUT2D eigenvalue weighted by atomic mass is 9.68. The predicted molar refractivity (Wildman–Crippen MR) is 121 cm³/mol. The van der Waals surface area contributed by atoms with Crippen LogP contribution in [0.2, 0.25) is 6.04 Å². The highest BCUT2D eigenvalue weighted by atomic mass is 28.1. The van der Waals surface area contributed by atoms with E-state index in [2.05, 4.69) is 0 Å². The molecule has 0 heterocycles. The third-order valence-electron chi connectivity index (χ3n) is 7.78. The maximum atomic E-state index is 14.9. The van der Waals surface area contributed by atoms with Crippen LogP contribution in [0.1, 0.15) is 68.4 Å². The van der Waals surface area contributed by atoms with Crippen LogP contribution in [0.15, 0.2) is 36.4 Å². The molecule has 0 radical (unpaired) electrons. The Morgan fingerprint density at radius 2 is 1.31 bits per heavy atom. The maximum absolute atomic E-state index is 14.9. The molecule has 2 fully saturated rings. The first-order valence-corrected chi connectivity index (χ1v) is 13.0. The lowest BCUT2D eigenvalue weighted by molar-refractivity contribution is 0.165. The molecule has 0 N–H and O–H groups in total. The van der Waals surface area contributed by atoms with Gasteiger partial charge >= 0.3 is 0 Å². The Hall–Kier alpha value is -1.48. The fourth-order valence-corrected chi connectivity index (χ4v) is 6.63. The molecule has 156 valence electrons. The minimum Gasteiger partial charge on any atom is -0.206 e. The van der Waals surface area contributed by atoms with Gasteiger partial charge in [-0.25, -0.2) is 8.78 Å². The van der Waals surface area contributed by atoms with E-state index in [0.29, 0.717) is 11.5 Å². The molecule has 2 aromatic carbocycles. The van der Waals surface area contributed by atoms with Crippen molar-refractivity contribution in [2.45, 2.75) is 70.3 Å². The number of benzene rings is 2. The van der Waals surface area contributed by atoms with Crippen LogP contribution in [0.25, 0.3) is 11.1 Å². The van der Waals surface area contributed by atoms with Gasteiger partial charge in [0, 0.05) is 10.2 Å². The smallest absolute Gasteiger partial charge is 0.134 e. The Kier molecular flexibility index (Phi) is 6.53. The average molecular weight is 413 g/mol. The van der Waals surface area contributed by atoms with Crippen molar-refractivity contribution in [3.8, 4) is 11.1 Å². The van der Waals surface area contributed by atoms with E-state index < -0.39 is 11.6 Å². The van der Waals surface area contributed by atoms with Crippen LogP contribution >= 0.6 is 0 Å². The van der Waals surface area contributed by atoms with E-state index in [4.69, 9.17) is 0 Å². The van der Waals surface area contributed by atoms with Gasteiger partial charge in [0.05, 0.1) is 5.56 Å². The SMILES string of the molecule is Cc1ccc(-c2c(F)cc(C3CCC(C4CCC(C[SiH3])CC4)CC3)cc2F)cc1. The molecule has 0 aliphatic heterocycles. The zero-order valence-corrected chi connectivity index (χ0v) is 19.9. The third kappa shape index (κ3) is 4.65. The van der Waals surface area contributed by atoms with Gasteiger partial charge in [0.25, 0.3) is 0 Å². The highest BCUT2D eigenvalue weighted by Crippen LogP contribution is 2.44. The van der Waals surface area contributed by atoms with Gasteiger partial charge in [-0.3, -0.25) is 0 Å². The van der Waals surface area contributed by atoms with Crippen LogP contribution in [0.4, 0.5) is 8.78 Å². The zero-order valence-electron chi connectivity index (χ0n) is 17.9. The predicted octanol–water partition coefficient (Wildman–Crippen LogP) is 6.80. The van der Waals surface area contributed by atoms with Gasteiger partial charge in [-0.2, -0.15) is 0 Å². The molecule has 29 heavy (non-hydrogen) atoms. The van der Waals surface area contributed by atoms with Crippen molar-refractivity contribution in [3.63, 3.8) is 0 Å². The summed E-state index contributed by atoms with van der Waals surface area (Å²) >= 11 is 0. The summed E-state index contributed by atoms with van der Waals surface area (Å²) in [6, 6.07) is 12.1. The van der Waals surface area contributed by atoms with Crippen LogP contribution < -0.4 is 0 Å². The molecule has 0 spiro atoms. The molecule has 0 atom stereocenters. The molecular weight excluding hydrogens is 378 g/mol. The number of aryl methyl sites for hydroxylation is 1. The number of rotatable bonds is 4. The van der Waals surface area contributed by atoms with Gasteiger partial charge < -0.3 is 0 Å². The van der Waals surface area contributed by atoms with E-state index in [1.54, 1.807) is 24.3 Å². The minimum absolute atomic E-state index is 0.109. The number of hydrogen-bond acceptors (Lipinski definition) is 0. The first kappa shape index (κ1) is 20.8. The van der Waals surface area contributed by atoms with Crippen LogP contribution in [-0.2, 0) is 0 Å². The molecule has 3 heteroatoms. The lowest BCUT2D eigenvalue weighted by Crippen LogP contribution is -2.25. The monoisotopic (exact) mass is 412 g/mol. The molecule has 2 aliphatic carbocycles.